The maximum absolute atomic E-state index is 10.9. The Morgan fingerprint density at radius 2 is 1.36 bits per heavy atom. The van der Waals surface area contributed by atoms with Gasteiger partial charge in [-0.15, -0.1) is 0 Å². The molecule has 6 nitrogen and oxygen atoms in total. The quantitative estimate of drug-likeness (QED) is 0.734. The fraction of sp³-hybridized carbons (Fsp3) is 0.211. The van der Waals surface area contributed by atoms with Crippen LogP contribution in [0.5, 0.6) is 0 Å². The standard InChI is InChI=1S/C11H12O3.C8H9NO2/c1-7-3-4-9(11(13)14)6-10(7)5-8(2)12;1-5-2-3-6(8(10)11)4-7(5)9/h3-4,6H,5H2,1-2H3,(H,13,14);2-4H,9H2,1H3,(H,10,11). The smallest absolute Gasteiger partial charge is 0.335 e. The summed E-state index contributed by atoms with van der Waals surface area (Å²) in [6.07, 6.45) is 0.299. The molecule has 132 valence electrons. The molecule has 2 aromatic rings. The van der Waals surface area contributed by atoms with Crippen LogP contribution in [0.2, 0.25) is 0 Å². The summed E-state index contributed by atoms with van der Waals surface area (Å²) >= 11 is 0. The molecule has 0 saturated heterocycles. The van der Waals surface area contributed by atoms with E-state index in [-0.39, 0.29) is 16.9 Å². The Morgan fingerprint density at radius 1 is 0.880 bits per heavy atom. The van der Waals surface area contributed by atoms with Crippen LogP contribution in [0.15, 0.2) is 36.4 Å². The van der Waals surface area contributed by atoms with Gasteiger partial charge in [-0.1, -0.05) is 12.1 Å². The highest BCUT2D eigenvalue weighted by molar-refractivity contribution is 5.89. The van der Waals surface area contributed by atoms with Crippen LogP contribution in [0.1, 0.15) is 44.3 Å². The predicted octanol–water partition coefficient (Wildman–Crippen LogP) is 3.10. The van der Waals surface area contributed by atoms with E-state index in [1.54, 1.807) is 24.3 Å². The second-order valence-electron chi connectivity index (χ2n) is 5.70. The maximum atomic E-state index is 10.9. The number of aromatic carboxylic acids is 2. The van der Waals surface area contributed by atoms with Gasteiger partial charge in [-0.05, 0) is 61.7 Å². The lowest BCUT2D eigenvalue weighted by atomic mass is 10.0. The van der Waals surface area contributed by atoms with Gasteiger partial charge in [-0.3, -0.25) is 4.79 Å². The first-order valence-electron chi connectivity index (χ1n) is 7.53. The number of nitrogens with two attached hydrogens (primary N) is 1. The minimum absolute atomic E-state index is 0.0376. The number of carboxylic acid groups (broad SMARTS) is 2. The number of Topliss-reactive ketones (excluding diaryl/α,β-unsaturated/α-hetero) is 1. The lowest BCUT2D eigenvalue weighted by molar-refractivity contribution is -0.116. The summed E-state index contributed by atoms with van der Waals surface area (Å²) in [4.78, 5) is 32.0. The molecule has 4 N–H and O–H groups in total. The molecule has 2 aromatic carbocycles. The minimum atomic E-state index is -0.963. The van der Waals surface area contributed by atoms with E-state index in [0.29, 0.717) is 12.1 Å². The van der Waals surface area contributed by atoms with Crippen molar-refractivity contribution in [3.8, 4) is 0 Å². The highest BCUT2D eigenvalue weighted by atomic mass is 16.4. The molecule has 0 atom stereocenters. The average Bonchev–Trinajstić information content (AvgIpc) is 2.52. The van der Waals surface area contributed by atoms with E-state index in [2.05, 4.69) is 0 Å². The molecule has 0 heterocycles. The number of nitrogen functional groups attached to an aromatic ring is 1. The zero-order valence-corrected chi connectivity index (χ0v) is 14.4. The van der Waals surface area contributed by atoms with E-state index < -0.39 is 11.9 Å². The number of benzene rings is 2. The first-order valence-corrected chi connectivity index (χ1v) is 7.53. The highest BCUT2D eigenvalue weighted by Crippen LogP contribution is 2.13. The fourth-order valence-corrected chi connectivity index (χ4v) is 2.04. The molecule has 25 heavy (non-hydrogen) atoms. The van der Waals surface area contributed by atoms with Gasteiger partial charge in [0.2, 0.25) is 0 Å². The number of carbonyl (C=O) groups is 3. The number of carbonyl (C=O) groups excluding carboxylic acids is 1. The van der Waals surface area contributed by atoms with E-state index in [1.165, 1.54) is 19.1 Å². The van der Waals surface area contributed by atoms with Crippen LogP contribution in [0, 0.1) is 13.8 Å². The zero-order valence-electron chi connectivity index (χ0n) is 14.4. The third kappa shape index (κ3) is 6.10. The Morgan fingerprint density at radius 3 is 1.80 bits per heavy atom. The second-order valence-corrected chi connectivity index (χ2v) is 5.70. The highest BCUT2D eigenvalue weighted by Gasteiger charge is 2.07. The van der Waals surface area contributed by atoms with Crippen LogP contribution in [0.3, 0.4) is 0 Å². The molecule has 2 rings (SSSR count). The van der Waals surface area contributed by atoms with Gasteiger partial charge in [-0.2, -0.15) is 0 Å². The maximum Gasteiger partial charge on any atom is 0.335 e. The van der Waals surface area contributed by atoms with Gasteiger partial charge < -0.3 is 15.9 Å². The summed E-state index contributed by atoms with van der Waals surface area (Å²) in [6, 6.07) is 9.51. The Hall–Kier alpha value is -3.15. The van der Waals surface area contributed by atoms with Gasteiger partial charge in [0.15, 0.2) is 0 Å². The van der Waals surface area contributed by atoms with E-state index in [0.717, 1.165) is 16.7 Å². The lowest BCUT2D eigenvalue weighted by Gasteiger charge is -2.04. The second kappa shape index (κ2) is 8.63. The summed E-state index contributed by atoms with van der Waals surface area (Å²) < 4.78 is 0. The number of carboxylic acids is 2. The fourth-order valence-electron chi connectivity index (χ4n) is 2.04. The molecular weight excluding hydrogens is 322 g/mol. The third-order valence-electron chi connectivity index (χ3n) is 3.56. The molecule has 0 fully saturated rings. The van der Waals surface area contributed by atoms with Crippen molar-refractivity contribution in [3.05, 3.63) is 64.2 Å². The summed E-state index contributed by atoms with van der Waals surface area (Å²) in [5, 5.41) is 17.3. The lowest BCUT2D eigenvalue weighted by Crippen LogP contribution is -2.03. The van der Waals surface area contributed by atoms with Gasteiger partial charge in [0.25, 0.3) is 0 Å². The van der Waals surface area contributed by atoms with Crippen LogP contribution in [0.25, 0.3) is 0 Å². The number of hydrogen-bond donors (Lipinski definition) is 3. The SMILES string of the molecule is CC(=O)Cc1cc(C(=O)O)ccc1C.Cc1ccc(C(=O)O)cc1N. The molecule has 0 spiro atoms. The topological polar surface area (TPSA) is 118 Å². The van der Waals surface area contributed by atoms with E-state index in [4.69, 9.17) is 15.9 Å². The Balaban J connectivity index is 0.000000257. The van der Waals surface area contributed by atoms with Crippen LogP contribution < -0.4 is 5.73 Å². The predicted molar refractivity (Wildman–Crippen MR) is 95.1 cm³/mol. The van der Waals surface area contributed by atoms with Crippen molar-refractivity contribution in [3.63, 3.8) is 0 Å². The van der Waals surface area contributed by atoms with Gasteiger partial charge in [0.1, 0.15) is 5.78 Å². The molecule has 0 aromatic heterocycles. The zero-order chi connectivity index (χ0) is 19.1. The molecule has 6 heteroatoms. The molecular formula is C19H21NO5. The van der Waals surface area contributed by atoms with Gasteiger partial charge >= 0.3 is 11.9 Å². The van der Waals surface area contributed by atoms with E-state index in [9.17, 15) is 14.4 Å². The number of rotatable bonds is 4. The van der Waals surface area contributed by atoms with Crippen LogP contribution in [-0.2, 0) is 11.2 Å². The number of anilines is 1. The first kappa shape index (κ1) is 19.9. The van der Waals surface area contributed by atoms with Crippen molar-refractivity contribution < 1.29 is 24.6 Å². The van der Waals surface area contributed by atoms with Crippen LogP contribution in [0.4, 0.5) is 5.69 Å². The molecule has 0 aliphatic rings. The molecule has 0 bridgehead atoms. The normalized spacial score (nSPS) is 9.72. The summed E-state index contributed by atoms with van der Waals surface area (Å²) in [6.45, 7) is 5.19. The monoisotopic (exact) mass is 343 g/mol. The van der Waals surface area contributed by atoms with E-state index in [1.807, 2.05) is 13.8 Å². The summed E-state index contributed by atoms with van der Waals surface area (Å²) in [7, 11) is 0. The molecule has 0 amide bonds. The Labute approximate surface area is 145 Å². The molecule has 0 aliphatic carbocycles. The van der Waals surface area contributed by atoms with Gasteiger partial charge in [-0.25, -0.2) is 9.59 Å². The number of ketones is 1. The largest absolute Gasteiger partial charge is 0.478 e. The summed E-state index contributed by atoms with van der Waals surface area (Å²) in [5.74, 6) is -1.87. The third-order valence-corrected chi connectivity index (χ3v) is 3.56. The Bertz CT molecular complexity index is 811. The van der Waals surface area contributed by atoms with Crippen LogP contribution >= 0.6 is 0 Å². The van der Waals surface area contributed by atoms with Crippen molar-refractivity contribution in [2.45, 2.75) is 27.2 Å². The van der Waals surface area contributed by atoms with Crippen molar-refractivity contribution >= 4 is 23.4 Å². The number of aryl methyl sites for hydroxylation is 2. The van der Waals surface area contributed by atoms with Crippen LogP contribution in [-0.4, -0.2) is 27.9 Å². The van der Waals surface area contributed by atoms with Crippen molar-refractivity contribution in [1.29, 1.82) is 0 Å². The summed E-state index contributed by atoms with van der Waals surface area (Å²) in [5.41, 5.74) is 9.11. The Kier molecular flexibility index (Phi) is 6.87. The average molecular weight is 343 g/mol. The minimum Gasteiger partial charge on any atom is -0.478 e. The van der Waals surface area contributed by atoms with E-state index >= 15 is 0 Å². The molecule has 0 aliphatic heterocycles. The number of hydrogen-bond acceptors (Lipinski definition) is 4. The van der Waals surface area contributed by atoms with Crippen molar-refractivity contribution in [2.75, 3.05) is 5.73 Å². The molecule has 0 saturated carbocycles. The molecule has 0 unspecified atom stereocenters. The van der Waals surface area contributed by atoms with Crippen molar-refractivity contribution in [1.82, 2.24) is 0 Å². The first-order chi connectivity index (χ1) is 11.6. The molecule has 0 radical (unpaired) electrons. The van der Waals surface area contributed by atoms with Crippen molar-refractivity contribution in [2.24, 2.45) is 0 Å². The van der Waals surface area contributed by atoms with Gasteiger partial charge in [0, 0.05) is 12.1 Å². The van der Waals surface area contributed by atoms with Gasteiger partial charge in [0.05, 0.1) is 11.1 Å².